The molecule has 0 aliphatic carbocycles. The number of aryl methyl sites for hydroxylation is 1. The van der Waals surface area contributed by atoms with Crippen molar-refractivity contribution < 1.29 is 13.9 Å². The molecule has 1 heterocycles. The third-order valence-corrected chi connectivity index (χ3v) is 5.79. The SMILES string of the molecule is CCc1ccc(NC(=O)C(C)Oc2c(-c3ccccc3Cl)oc3ccc(Cl)cc3c2=O)cc1. The van der Waals surface area contributed by atoms with Crippen LogP contribution in [0.5, 0.6) is 5.75 Å². The number of hydrogen-bond donors (Lipinski definition) is 1. The summed E-state index contributed by atoms with van der Waals surface area (Å²) in [6.07, 6.45) is -0.0861. The number of anilines is 1. The number of carbonyl (C=O) groups excluding carboxylic acids is 1. The van der Waals surface area contributed by atoms with Crippen LogP contribution in [0.1, 0.15) is 19.4 Å². The van der Waals surface area contributed by atoms with Crippen molar-refractivity contribution in [1.82, 2.24) is 0 Å². The van der Waals surface area contributed by atoms with Crippen LogP contribution in [0.25, 0.3) is 22.3 Å². The number of rotatable bonds is 6. The summed E-state index contributed by atoms with van der Waals surface area (Å²) in [7, 11) is 0. The van der Waals surface area contributed by atoms with Gasteiger partial charge in [-0.1, -0.05) is 54.4 Å². The van der Waals surface area contributed by atoms with Crippen LogP contribution in [0, 0.1) is 0 Å². The van der Waals surface area contributed by atoms with Gasteiger partial charge < -0.3 is 14.5 Å². The Morgan fingerprint density at radius 2 is 1.79 bits per heavy atom. The second kappa shape index (κ2) is 9.69. The van der Waals surface area contributed by atoms with E-state index in [1.807, 2.05) is 24.3 Å². The standard InChI is InChI=1S/C26H21Cl2NO4/c1-3-16-8-11-18(12-9-16)29-26(31)15(2)32-25-23(30)20-14-17(27)10-13-22(20)33-24(25)19-6-4-5-7-21(19)28/h4-15H,3H2,1-2H3,(H,29,31). The summed E-state index contributed by atoms with van der Waals surface area (Å²) in [5.74, 6) is -0.371. The molecule has 3 aromatic carbocycles. The molecule has 1 amide bonds. The average Bonchev–Trinajstić information content (AvgIpc) is 2.82. The first-order valence-corrected chi connectivity index (χ1v) is 11.2. The zero-order valence-corrected chi connectivity index (χ0v) is 19.5. The minimum absolute atomic E-state index is 0.109. The Bertz CT molecular complexity index is 1380. The van der Waals surface area contributed by atoms with Gasteiger partial charge in [0.1, 0.15) is 5.58 Å². The second-order valence-corrected chi connectivity index (χ2v) is 8.35. The van der Waals surface area contributed by atoms with Gasteiger partial charge >= 0.3 is 0 Å². The molecule has 0 fully saturated rings. The van der Waals surface area contributed by atoms with Crippen molar-refractivity contribution in [2.75, 3.05) is 5.32 Å². The zero-order chi connectivity index (χ0) is 23.5. The normalized spacial score (nSPS) is 11.9. The highest BCUT2D eigenvalue weighted by molar-refractivity contribution is 6.33. The molecule has 4 rings (SSSR count). The molecule has 1 N–H and O–H groups in total. The Morgan fingerprint density at radius 1 is 1.06 bits per heavy atom. The lowest BCUT2D eigenvalue weighted by Crippen LogP contribution is -2.31. The fraction of sp³-hybridized carbons (Fsp3) is 0.154. The fourth-order valence-electron chi connectivity index (χ4n) is 3.38. The number of nitrogens with one attached hydrogen (secondary N) is 1. The minimum atomic E-state index is -0.989. The quantitative estimate of drug-likeness (QED) is 0.331. The largest absolute Gasteiger partial charge is 0.473 e. The number of amides is 1. The van der Waals surface area contributed by atoms with Gasteiger partial charge in [-0.25, -0.2) is 0 Å². The highest BCUT2D eigenvalue weighted by Gasteiger charge is 2.24. The van der Waals surface area contributed by atoms with Gasteiger partial charge in [0.25, 0.3) is 5.91 Å². The zero-order valence-electron chi connectivity index (χ0n) is 18.0. The monoisotopic (exact) mass is 481 g/mol. The summed E-state index contributed by atoms with van der Waals surface area (Å²) in [5.41, 5.74) is 2.16. The van der Waals surface area contributed by atoms with Crippen molar-refractivity contribution in [3.05, 3.63) is 92.6 Å². The summed E-state index contributed by atoms with van der Waals surface area (Å²) in [6, 6.07) is 19.2. The topological polar surface area (TPSA) is 68.5 Å². The fourth-order valence-corrected chi connectivity index (χ4v) is 3.77. The Labute approximate surface area is 200 Å². The van der Waals surface area contributed by atoms with Crippen LogP contribution >= 0.6 is 23.2 Å². The second-order valence-electron chi connectivity index (χ2n) is 7.51. The molecule has 0 spiro atoms. The highest BCUT2D eigenvalue weighted by Crippen LogP contribution is 2.36. The molecule has 0 aliphatic rings. The first-order valence-electron chi connectivity index (χ1n) is 10.4. The molecule has 168 valence electrons. The van der Waals surface area contributed by atoms with Gasteiger partial charge in [-0.15, -0.1) is 0 Å². The van der Waals surface area contributed by atoms with Gasteiger partial charge in [0.2, 0.25) is 11.2 Å². The average molecular weight is 482 g/mol. The molecule has 0 radical (unpaired) electrons. The van der Waals surface area contributed by atoms with Gasteiger partial charge in [0, 0.05) is 16.3 Å². The van der Waals surface area contributed by atoms with Gasteiger partial charge in [0.15, 0.2) is 11.9 Å². The highest BCUT2D eigenvalue weighted by atomic mass is 35.5. The molecule has 7 heteroatoms. The van der Waals surface area contributed by atoms with Crippen molar-refractivity contribution in [2.45, 2.75) is 26.4 Å². The predicted octanol–water partition coefficient (Wildman–Crippen LogP) is 6.74. The third-order valence-electron chi connectivity index (χ3n) is 5.22. The molecule has 1 unspecified atom stereocenters. The molecule has 1 atom stereocenters. The van der Waals surface area contributed by atoms with Crippen LogP contribution in [0.2, 0.25) is 10.0 Å². The Balaban J connectivity index is 1.72. The van der Waals surface area contributed by atoms with Crippen molar-refractivity contribution in [1.29, 1.82) is 0 Å². The number of hydrogen-bond acceptors (Lipinski definition) is 4. The Morgan fingerprint density at radius 3 is 2.48 bits per heavy atom. The molecule has 5 nitrogen and oxygen atoms in total. The van der Waals surface area contributed by atoms with E-state index < -0.39 is 17.4 Å². The Kier molecular flexibility index (Phi) is 6.72. The van der Waals surface area contributed by atoms with E-state index >= 15 is 0 Å². The molecule has 33 heavy (non-hydrogen) atoms. The van der Waals surface area contributed by atoms with Crippen LogP contribution in [0.4, 0.5) is 5.69 Å². The lowest BCUT2D eigenvalue weighted by Gasteiger charge is -2.17. The summed E-state index contributed by atoms with van der Waals surface area (Å²) in [6.45, 7) is 3.62. The van der Waals surface area contributed by atoms with Crippen LogP contribution in [-0.4, -0.2) is 12.0 Å². The first-order chi connectivity index (χ1) is 15.9. The molecular weight excluding hydrogens is 461 g/mol. The maximum atomic E-state index is 13.4. The number of carbonyl (C=O) groups is 1. The number of fused-ring (bicyclic) bond motifs is 1. The molecule has 0 saturated heterocycles. The van der Waals surface area contributed by atoms with Crippen molar-refractivity contribution in [3.8, 4) is 17.1 Å². The lowest BCUT2D eigenvalue weighted by atomic mass is 10.1. The minimum Gasteiger partial charge on any atom is -0.473 e. The predicted molar refractivity (Wildman–Crippen MR) is 132 cm³/mol. The summed E-state index contributed by atoms with van der Waals surface area (Å²) < 4.78 is 11.9. The molecular formula is C26H21Cl2NO4. The maximum absolute atomic E-state index is 13.4. The van der Waals surface area contributed by atoms with Gasteiger partial charge in [-0.2, -0.15) is 0 Å². The summed E-state index contributed by atoms with van der Waals surface area (Å²) >= 11 is 12.5. The molecule has 0 bridgehead atoms. The Hall–Kier alpha value is -3.28. The number of ether oxygens (including phenoxy) is 1. The van der Waals surface area contributed by atoms with E-state index in [4.69, 9.17) is 32.4 Å². The summed E-state index contributed by atoms with van der Waals surface area (Å²) in [5, 5.41) is 3.82. The van der Waals surface area contributed by atoms with Crippen LogP contribution in [0.15, 0.2) is 75.9 Å². The van der Waals surface area contributed by atoms with E-state index in [1.54, 1.807) is 43.3 Å². The molecule has 0 saturated carbocycles. The van der Waals surface area contributed by atoms with Crippen LogP contribution in [0.3, 0.4) is 0 Å². The molecule has 1 aromatic heterocycles. The van der Waals surface area contributed by atoms with Crippen molar-refractivity contribution in [3.63, 3.8) is 0 Å². The van der Waals surface area contributed by atoms with Crippen LogP contribution < -0.4 is 15.5 Å². The van der Waals surface area contributed by atoms with E-state index in [1.165, 1.54) is 6.07 Å². The molecule has 0 aliphatic heterocycles. The number of halogens is 2. The first kappa shape index (κ1) is 22.9. The van der Waals surface area contributed by atoms with E-state index in [0.717, 1.165) is 12.0 Å². The lowest BCUT2D eigenvalue weighted by molar-refractivity contribution is -0.122. The van der Waals surface area contributed by atoms with Gasteiger partial charge in [0.05, 0.1) is 10.4 Å². The number of benzene rings is 3. The summed E-state index contributed by atoms with van der Waals surface area (Å²) in [4.78, 5) is 26.2. The van der Waals surface area contributed by atoms with Crippen molar-refractivity contribution >= 4 is 45.8 Å². The smallest absolute Gasteiger partial charge is 0.265 e. The van der Waals surface area contributed by atoms with Gasteiger partial charge in [-0.3, -0.25) is 9.59 Å². The van der Waals surface area contributed by atoms with E-state index in [-0.39, 0.29) is 16.9 Å². The van der Waals surface area contributed by atoms with Crippen molar-refractivity contribution in [2.24, 2.45) is 0 Å². The van der Waals surface area contributed by atoms with Gasteiger partial charge in [-0.05, 0) is 61.4 Å². The maximum Gasteiger partial charge on any atom is 0.265 e. The van der Waals surface area contributed by atoms with Crippen LogP contribution in [-0.2, 0) is 11.2 Å². The van der Waals surface area contributed by atoms with E-state index in [2.05, 4.69) is 12.2 Å². The third kappa shape index (κ3) is 4.90. The molecule has 4 aromatic rings. The van der Waals surface area contributed by atoms with E-state index in [0.29, 0.717) is 26.9 Å². The van der Waals surface area contributed by atoms with E-state index in [9.17, 15) is 9.59 Å².